The molecule has 2 rings (SSSR count). The Morgan fingerprint density at radius 2 is 1.67 bits per heavy atom. The number of ether oxygens (including phenoxy) is 1. The summed E-state index contributed by atoms with van der Waals surface area (Å²) in [5, 5.41) is 10.7. The van der Waals surface area contributed by atoms with Crippen molar-refractivity contribution in [2.45, 2.75) is 77.2 Å². The molecule has 0 bridgehead atoms. The number of allylic oxidation sites excluding steroid dienone is 1. The Hall–Kier alpha value is -0.830. The fraction of sp³-hybridized carbons (Fsp3) is 0.833. The van der Waals surface area contributed by atoms with Gasteiger partial charge in [-0.05, 0) is 44.4 Å². The average molecular weight is 294 g/mol. The van der Waals surface area contributed by atoms with Crippen molar-refractivity contribution in [2.75, 3.05) is 6.61 Å². The average Bonchev–Trinajstić information content (AvgIpc) is 2.54. The van der Waals surface area contributed by atoms with Crippen LogP contribution in [0.25, 0.3) is 0 Å². The Kier molecular flexibility index (Phi) is 6.75. The van der Waals surface area contributed by atoms with Crippen molar-refractivity contribution in [2.24, 2.45) is 11.8 Å². The van der Waals surface area contributed by atoms with Crippen LogP contribution < -0.4 is 0 Å². The number of esters is 1. The standard InChI is InChI=1S/C18H30O3/c1-2-21-18(20)16(13-14-9-5-3-6-10-14)17(19)15-11-7-4-8-12-15/h13-15,17,19H,2-12H2,1H3/b16-13-. The smallest absolute Gasteiger partial charge is 0.336 e. The van der Waals surface area contributed by atoms with Crippen LogP contribution in [0.5, 0.6) is 0 Å². The lowest BCUT2D eigenvalue weighted by Crippen LogP contribution is -2.30. The van der Waals surface area contributed by atoms with Gasteiger partial charge in [0.15, 0.2) is 0 Å². The molecule has 0 radical (unpaired) electrons. The van der Waals surface area contributed by atoms with Crippen molar-refractivity contribution in [3.8, 4) is 0 Å². The van der Waals surface area contributed by atoms with Crippen molar-refractivity contribution in [1.82, 2.24) is 0 Å². The maximum Gasteiger partial charge on any atom is 0.336 e. The lowest BCUT2D eigenvalue weighted by Gasteiger charge is -2.28. The largest absolute Gasteiger partial charge is 0.463 e. The first-order valence-electron chi connectivity index (χ1n) is 8.79. The van der Waals surface area contributed by atoms with E-state index in [2.05, 4.69) is 0 Å². The van der Waals surface area contributed by atoms with E-state index in [0.717, 1.165) is 25.7 Å². The Morgan fingerprint density at radius 3 is 2.24 bits per heavy atom. The molecule has 1 atom stereocenters. The molecule has 0 amide bonds. The highest BCUT2D eigenvalue weighted by Crippen LogP contribution is 2.32. The van der Waals surface area contributed by atoms with Crippen LogP contribution in [-0.4, -0.2) is 23.8 Å². The number of aliphatic hydroxyl groups excluding tert-OH is 1. The summed E-state index contributed by atoms with van der Waals surface area (Å²) in [4.78, 5) is 12.3. The number of aliphatic hydroxyl groups is 1. The molecule has 1 N–H and O–H groups in total. The van der Waals surface area contributed by atoms with Gasteiger partial charge in [0.05, 0.1) is 18.3 Å². The van der Waals surface area contributed by atoms with Crippen molar-refractivity contribution in [3.05, 3.63) is 11.6 Å². The molecular formula is C18H30O3. The molecule has 2 aliphatic carbocycles. The molecule has 0 aromatic carbocycles. The van der Waals surface area contributed by atoms with Crippen LogP contribution in [0.2, 0.25) is 0 Å². The van der Waals surface area contributed by atoms with Crippen LogP contribution in [-0.2, 0) is 9.53 Å². The second-order valence-corrected chi connectivity index (χ2v) is 6.58. The van der Waals surface area contributed by atoms with E-state index >= 15 is 0 Å². The van der Waals surface area contributed by atoms with Crippen LogP contribution in [0.15, 0.2) is 11.6 Å². The maximum absolute atomic E-state index is 12.3. The first kappa shape index (κ1) is 16.5. The Morgan fingerprint density at radius 1 is 1.10 bits per heavy atom. The molecule has 0 aliphatic heterocycles. The highest BCUT2D eigenvalue weighted by Gasteiger charge is 2.30. The molecule has 0 spiro atoms. The maximum atomic E-state index is 12.3. The second kappa shape index (κ2) is 8.57. The van der Waals surface area contributed by atoms with Crippen LogP contribution in [0, 0.1) is 11.8 Å². The number of hydrogen-bond donors (Lipinski definition) is 1. The fourth-order valence-corrected chi connectivity index (χ4v) is 3.76. The molecular weight excluding hydrogens is 264 g/mol. The predicted molar refractivity (Wildman–Crippen MR) is 83.9 cm³/mol. The zero-order valence-electron chi connectivity index (χ0n) is 13.4. The zero-order valence-corrected chi connectivity index (χ0v) is 13.4. The topological polar surface area (TPSA) is 46.5 Å². The predicted octanol–water partition coefficient (Wildman–Crippen LogP) is 4.00. The van der Waals surface area contributed by atoms with E-state index in [1.807, 2.05) is 13.0 Å². The van der Waals surface area contributed by atoms with Gasteiger partial charge in [0.2, 0.25) is 0 Å². The van der Waals surface area contributed by atoms with Gasteiger partial charge >= 0.3 is 5.97 Å². The molecule has 2 saturated carbocycles. The summed E-state index contributed by atoms with van der Waals surface area (Å²) in [6.07, 6.45) is 13.1. The second-order valence-electron chi connectivity index (χ2n) is 6.58. The van der Waals surface area contributed by atoms with Crippen molar-refractivity contribution in [1.29, 1.82) is 0 Å². The summed E-state index contributed by atoms with van der Waals surface area (Å²) in [5.74, 6) is 0.371. The first-order valence-corrected chi connectivity index (χ1v) is 8.79. The first-order chi connectivity index (χ1) is 10.2. The Balaban J connectivity index is 2.09. The molecule has 0 saturated heterocycles. The molecule has 0 aromatic heterocycles. The summed E-state index contributed by atoms with van der Waals surface area (Å²) in [6, 6.07) is 0. The third kappa shape index (κ3) is 4.84. The SMILES string of the molecule is CCOC(=O)/C(=C\C1CCCCC1)C(O)C1CCCCC1. The van der Waals surface area contributed by atoms with Crippen molar-refractivity contribution < 1.29 is 14.6 Å². The van der Waals surface area contributed by atoms with Gasteiger partial charge in [-0.3, -0.25) is 0 Å². The van der Waals surface area contributed by atoms with Gasteiger partial charge in [0.1, 0.15) is 0 Å². The van der Waals surface area contributed by atoms with Crippen LogP contribution in [0.4, 0.5) is 0 Å². The van der Waals surface area contributed by atoms with Gasteiger partial charge in [0, 0.05) is 0 Å². The molecule has 3 nitrogen and oxygen atoms in total. The van der Waals surface area contributed by atoms with Crippen LogP contribution in [0.1, 0.15) is 71.1 Å². The summed E-state index contributed by atoms with van der Waals surface area (Å²) in [6.45, 7) is 2.20. The lowest BCUT2D eigenvalue weighted by molar-refractivity contribution is -0.140. The summed E-state index contributed by atoms with van der Waals surface area (Å²) in [7, 11) is 0. The summed E-state index contributed by atoms with van der Waals surface area (Å²) in [5.41, 5.74) is 0.538. The van der Waals surface area contributed by atoms with Crippen molar-refractivity contribution >= 4 is 5.97 Å². The Bertz CT molecular complexity index is 349. The van der Waals surface area contributed by atoms with E-state index in [-0.39, 0.29) is 11.9 Å². The van der Waals surface area contributed by atoms with Crippen LogP contribution >= 0.6 is 0 Å². The normalized spacial score (nSPS) is 23.8. The number of carbonyl (C=O) groups excluding carboxylic acids is 1. The van der Waals surface area contributed by atoms with E-state index in [9.17, 15) is 9.90 Å². The minimum Gasteiger partial charge on any atom is -0.463 e. The molecule has 2 aliphatic rings. The monoisotopic (exact) mass is 294 g/mol. The number of hydrogen-bond acceptors (Lipinski definition) is 3. The van der Waals surface area contributed by atoms with Gasteiger partial charge in [-0.1, -0.05) is 44.6 Å². The summed E-state index contributed by atoms with van der Waals surface area (Å²) < 4.78 is 5.19. The van der Waals surface area contributed by atoms with E-state index in [4.69, 9.17) is 4.74 Å². The Labute approximate surface area is 128 Å². The van der Waals surface area contributed by atoms with Gasteiger partial charge in [-0.15, -0.1) is 0 Å². The third-order valence-corrected chi connectivity index (χ3v) is 4.99. The van der Waals surface area contributed by atoms with Crippen molar-refractivity contribution in [3.63, 3.8) is 0 Å². The molecule has 3 heteroatoms. The van der Waals surface area contributed by atoms with E-state index in [0.29, 0.717) is 18.1 Å². The molecule has 0 heterocycles. The molecule has 120 valence electrons. The van der Waals surface area contributed by atoms with Crippen LogP contribution in [0.3, 0.4) is 0 Å². The van der Waals surface area contributed by atoms with Gasteiger partial charge in [0.25, 0.3) is 0 Å². The minimum absolute atomic E-state index is 0.234. The van der Waals surface area contributed by atoms with Gasteiger partial charge in [-0.2, -0.15) is 0 Å². The van der Waals surface area contributed by atoms with E-state index in [1.165, 1.54) is 38.5 Å². The third-order valence-electron chi connectivity index (χ3n) is 4.99. The minimum atomic E-state index is -0.633. The molecule has 1 unspecified atom stereocenters. The highest BCUT2D eigenvalue weighted by molar-refractivity contribution is 5.89. The summed E-state index contributed by atoms with van der Waals surface area (Å²) >= 11 is 0. The quantitative estimate of drug-likeness (QED) is 0.616. The number of rotatable bonds is 5. The molecule has 0 aromatic rings. The zero-order chi connectivity index (χ0) is 15.1. The number of carbonyl (C=O) groups is 1. The van der Waals surface area contributed by atoms with Gasteiger partial charge < -0.3 is 9.84 Å². The highest BCUT2D eigenvalue weighted by atomic mass is 16.5. The van der Waals surface area contributed by atoms with Gasteiger partial charge in [-0.25, -0.2) is 4.79 Å². The molecule has 21 heavy (non-hydrogen) atoms. The van der Waals surface area contributed by atoms with E-state index < -0.39 is 6.10 Å². The van der Waals surface area contributed by atoms with E-state index in [1.54, 1.807) is 0 Å². The lowest BCUT2D eigenvalue weighted by atomic mass is 9.80. The molecule has 2 fully saturated rings. The fourth-order valence-electron chi connectivity index (χ4n) is 3.76.